The van der Waals surface area contributed by atoms with Crippen molar-refractivity contribution in [3.8, 4) is 0 Å². The third-order valence-electron chi connectivity index (χ3n) is 3.07. The Morgan fingerprint density at radius 1 is 1.33 bits per heavy atom. The highest BCUT2D eigenvalue weighted by molar-refractivity contribution is 6.42. The summed E-state index contributed by atoms with van der Waals surface area (Å²) >= 11 is 11.8. The maximum Gasteiger partial charge on any atom is 0.307 e. The van der Waals surface area contributed by atoms with E-state index in [0.29, 0.717) is 16.6 Å². The van der Waals surface area contributed by atoms with E-state index in [2.05, 4.69) is 0 Å². The molecule has 2 atom stereocenters. The summed E-state index contributed by atoms with van der Waals surface area (Å²) in [6, 6.07) is 5.56. The fraction of sp³-hybridized carbons (Fsp3) is 0.462. The van der Waals surface area contributed by atoms with Crippen LogP contribution in [0, 0.1) is 5.92 Å². The van der Waals surface area contributed by atoms with Crippen molar-refractivity contribution in [3.05, 3.63) is 33.8 Å². The zero-order chi connectivity index (χ0) is 13.9. The Labute approximate surface area is 117 Å². The van der Waals surface area contributed by atoms with E-state index in [4.69, 9.17) is 28.3 Å². The molecular formula is C13H17Cl2NO2. The van der Waals surface area contributed by atoms with E-state index in [0.717, 1.165) is 5.56 Å². The maximum atomic E-state index is 10.8. The molecule has 0 spiro atoms. The molecule has 0 aliphatic heterocycles. The topological polar surface area (TPSA) is 40.5 Å². The van der Waals surface area contributed by atoms with Crippen LogP contribution in [0.4, 0.5) is 0 Å². The molecule has 0 radical (unpaired) electrons. The SMILES string of the molecule is CC(CN(C)C(C)c1ccc(Cl)c(Cl)c1)C(=O)O. The van der Waals surface area contributed by atoms with Gasteiger partial charge in [-0.3, -0.25) is 9.69 Å². The minimum atomic E-state index is -0.789. The highest BCUT2D eigenvalue weighted by Crippen LogP contribution is 2.27. The predicted molar refractivity (Wildman–Crippen MR) is 74.3 cm³/mol. The maximum absolute atomic E-state index is 10.8. The third kappa shape index (κ3) is 3.87. The standard InChI is InChI=1S/C13H17Cl2NO2/c1-8(13(17)18)7-16(3)9(2)10-4-5-11(14)12(15)6-10/h4-6,8-9H,7H2,1-3H3,(H,17,18). The smallest absolute Gasteiger partial charge is 0.307 e. The van der Waals surface area contributed by atoms with Crippen LogP contribution < -0.4 is 0 Å². The average Bonchev–Trinajstić information content (AvgIpc) is 2.31. The van der Waals surface area contributed by atoms with Crippen molar-refractivity contribution < 1.29 is 9.90 Å². The first-order valence-corrected chi connectivity index (χ1v) is 6.46. The van der Waals surface area contributed by atoms with Gasteiger partial charge in [-0.2, -0.15) is 0 Å². The molecule has 100 valence electrons. The van der Waals surface area contributed by atoms with Gasteiger partial charge in [0, 0.05) is 12.6 Å². The van der Waals surface area contributed by atoms with Crippen LogP contribution in [0.25, 0.3) is 0 Å². The summed E-state index contributed by atoms with van der Waals surface area (Å²) in [5.74, 6) is -1.19. The minimum Gasteiger partial charge on any atom is -0.481 e. The molecule has 3 nitrogen and oxygen atoms in total. The Bertz CT molecular complexity index is 437. The molecule has 18 heavy (non-hydrogen) atoms. The average molecular weight is 290 g/mol. The van der Waals surface area contributed by atoms with Gasteiger partial charge in [0.1, 0.15) is 0 Å². The van der Waals surface area contributed by atoms with Crippen molar-refractivity contribution in [1.29, 1.82) is 0 Å². The predicted octanol–water partition coefficient (Wildman–Crippen LogP) is 3.71. The molecule has 1 N–H and O–H groups in total. The zero-order valence-corrected chi connectivity index (χ0v) is 12.2. The molecule has 0 aliphatic carbocycles. The van der Waals surface area contributed by atoms with Crippen LogP contribution in [0.15, 0.2) is 18.2 Å². The lowest BCUT2D eigenvalue weighted by atomic mass is 10.1. The molecule has 0 aromatic heterocycles. The van der Waals surface area contributed by atoms with E-state index in [1.807, 2.05) is 31.0 Å². The first-order valence-electron chi connectivity index (χ1n) is 5.71. The number of halogens is 2. The van der Waals surface area contributed by atoms with Gasteiger partial charge in [0.05, 0.1) is 16.0 Å². The third-order valence-corrected chi connectivity index (χ3v) is 3.81. The number of carboxylic acid groups (broad SMARTS) is 1. The van der Waals surface area contributed by atoms with Crippen LogP contribution in [0.1, 0.15) is 25.5 Å². The van der Waals surface area contributed by atoms with Crippen LogP contribution in [-0.2, 0) is 4.79 Å². The number of aliphatic carboxylic acids is 1. The second-order valence-corrected chi connectivity index (χ2v) is 5.34. The van der Waals surface area contributed by atoms with Crippen molar-refractivity contribution in [2.75, 3.05) is 13.6 Å². The second kappa shape index (κ2) is 6.41. The first-order chi connectivity index (χ1) is 8.32. The van der Waals surface area contributed by atoms with E-state index in [9.17, 15) is 4.79 Å². The molecule has 2 unspecified atom stereocenters. The number of hydrogen-bond donors (Lipinski definition) is 1. The summed E-state index contributed by atoms with van der Waals surface area (Å²) in [7, 11) is 1.90. The van der Waals surface area contributed by atoms with Crippen molar-refractivity contribution in [1.82, 2.24) is 4.90 Å². The van der Waals surface area contributed by atoms with Gasteiger partial charge in [-0.15, -0.1) is 0 Å². The number of benzene rings is 1. The van der Waals surface area contributed by atoms with Gasteiger partial charge in [-0.05, 0) is 31.7 Å². The number of carboxylic acids is 1. The second-order valence-electron chi connectivity index (χ2n) is 4.53. The van der Waals surface area contributed by atoms with Crippen molar-refractivity contribution in [3.63, 3.8) is 0 Å². The van der Waals surface area contributed by atoms with Gasteiger partial charge < -0.3 is 5.11 Å². The van der Waals surface area contributed by atoms with Gasteiger partial charge in [-0.25, -0.2) is 0 Å². The number of rotatable bonds is 5. The van der Waals surface area contributed by atoms with Gasteiger partial charge in [0.2, 0.25) is 0 Å². The summed E-state index contributed by atoms with van der Waals surface area (Å²) in [6.07, 6.45) is 0. The van der Waals surface area contributed by atoms with Crippen molar-refractivity contribution in [2.45, 2.75) is 19.9 Å². The highest BCUT2D eigenvalue weighted by atomic mass is 35.5. The summed E-state index contributed by atoms with van der Waals surface area (Å²) in [6.45, 7) is 4.19. The lowest BCUT2D eigenvalue weighted by Crippen LogP contribution is -2.30. The molecular weight excluding hydrogens is 273 g/mol. The van der Waals surface area contributed by atoms with Crippen LogP contribution in [-0.4, -0.2) is 29.6 Å². The van der Waals surface area contributed by atoms with E-state index in [-0.39, 0.29) is 6.04 Å². The van der Waals surface area contributed by atoms with Gasteiger partial charge >= 0.3 is 5.97 Å². The molecule has 0 heterocycles. The Morgan fingerprint density at radius 2 is 1.94 bits per heavy atom. The van der Waals surface area contributed by atoms with Crippen molar-refractivity contribution in [2.24, 2.45) is 5.92 Å². The Balaban J connectivity index is 2.76. The van der Waals surface area contributed by atoms with Gasteiger partial charge in [-0.1, -0.05) is 36.2 Å². The lowest BCUT2D eigenvalue weighted by molar-refractivity contribution is -0.141. The zero-order valence-electron chi connectivity index (χ0n) is 10.7. The van der Waals surface area contributed by atoms with E-state index in [1.54, 1.807) is 13.0 Å². The molecule has 5 heteroatoms. The molecule has 0 bridgehead atoms. The quantitative estimate of drug-likeness (QED) is 0.898. The highest BCUT2D eigenvalue weighted by Gasteiger charge is 2.18. The minimum absolute atomic E-state index is 0.0848. The molecule has 0 amide bonds. The summed E-state index contributed by atoms with van der Waals surface area (Å²) in [4.78, 5) is 12.8. The molecule has 1 aromatic rings. The summed E-state index contributed by atoms with van der Waals surface area (Å²) in [5, 5.41) is 9.94. The van der Waals surface area contributed by atoms with E-state index >= 15 is 0 Å². The Kier molecular flexibility index (Phi) is 5.45. The van der Waals surface area contributed by atoms with Gasteiger partial charge in [0.15, 0.2) is 0 Å². The van der Waals surface area contributed by atoms with Crippen LogP contribution in [0.5, 0.6) is 0 Å². The van der Waals surface area contributed by atoms with Crippen LogP contribution in [0.3, 0.4) is 0 Å². The van der Waals surface area contributed by atoms with Crippen molar-refractivity contribution >= 4 is 29.2 Å². The fourth-order valence-corrected chi connectivity index (χ4v) is 2.00. The Hall–Kier alpha value is -0.770. The number of carbonyl (C=O) groups is 1. The van der Waals surface area contributed by atoms with E-state index < -0.39 is 11.9 Å². The summed E-state index contributed by atoms with van der Waals surface area (Å²) in [5.41, 5.74) is 1.02. The Morgan fingerprint density at radius 3 is 2.44 bits per heavy atom. The number of nitrogens with zero attached hydrogens (tertiary/aromatic N) is 1. The normalized spacial score (nSPS) is 14.6. The van der Waals surface area contributed by atoms with Crippen LogP contribution >= 0.6 is 23.2 Å². The summed E-state index contributed by atoms with van der Waals surface area (Å²) < 4.78 is 0. The monoisotopic (exact) mass is 289 g/mol. The molecule has 0 saturated carbocycles. The van der Waals surface area contributed by atoms with E-state index in [1.165, 1.54) is 0 Å². The fourth-order valence-electron chi connectivity index (χ4n) is 1.69. The lowest BCUT2D eigenvalue weighted by Gasteiger charge is -2.26. The van der Waals surface area contributed by atoms with Crippen LogP contribution in [0.2, 0.25) is 10.0 Å². The molecule has 0 aliphatic rings. The molecule has 1 rings (SSSR count). The molecule has 0 fully saturated rings. The molecule has 0 saturated heterocycles. The number of hydrogen-bond acceptors (Lipinski definition) is 2. The first kappa shape index (κ1) is 15.3. The molecule has 1 aromatic carbocycles. The largest absolute Gasteiger partial charge is 0.481 e. The van der Waals surface area contributed by atoms with Gasteiger partial charge in [0.25, 0.3) is 0 Å².